The highest BCUT2D eigenvalue weighted by Crippen LogP contribution is 2.41. The first-order valence-electron chi connectivity index (χ1n) is 6.67. The van der Waals surface area contributed by atoms with E-state index in [2.05, 4.69) is 30.3 Å². The molecule has 1 atom stereocenters. The van der Waals surface area contributed by atoms with E-state index in [1.165, 1.54) is 27.5 Å². The first-order valence-corrected chi connectivity index (χ1v) is 8.30. The fourth-order valence-corrected chi connectivity index (χ4v) is 4.56. The zero-order chi connectivity index (χ0) is 13.7. The Morgan fingerprint density at radius 2 is 1.75 bits per heavy atom. The van der Waals surface area contributed by atoms with Crippen LogP contribution in [0.4, 0.5) is 0 Å². The molecule has 0 bridgehead atoms. The first kappa shape index (κ1) is 12.7. The van der Waals surface area contributed by atoms with Gasteiger partial charge in [-0.25, -0.2) is 0 Å². The smallest absolute Gasteiger partial charge is 0.0934 e. The molecule has 3 heteroatoms. The molecule has 20 heavy (non-hydrogen) atoms. The standard InChI is InChI=1S/C17H12Cl2S/c18-15-9-8-14(20-15)17(19)13-7-6-11-5-4-10-2-1-3-12(13)16(10)11/h1-3,6-9,17H,4-5H2. The summed E-state index contributed by atoms with van der Waals surface area (Å²) in [5.74, 6) is 0. The van der Waals surface area contributed by atoms with E-state index in [0.717, 1.165) is 22.1 Å². The lowest BCUT2D eigenvalue weighted by Crippen LogP contribution is -1.93. The first-order chi connectivity index (χ1) is 9.74. The monoisotopic (exact) mass is 318 g/mol. The maximum absolute atomic E-state index is 6.70. The van der Waals surface area contributed by atoms with E-state index in [0.29, 0.717) is 0 Å². The molecule has 0 nitrogen and oxygen atoms in total. The van der Waals surface area contributed by atoms with Gasteiger partial charge in [-0.3, -0.25) is 0 Å². The van der Waals surface area contributed by atoms with Crippen molar-refractivity contribution in [2.45, 2.75) is 18.2 Å². The topological polar surface area (TPSA) is 0 Å². The summed E-state index contributed by atoms with van der Waals surface area (Å²) in [4.78, 5) is 1.11. The number of thiophene rings is 1. The van der Waals surface area contributed by atoms with E-state index < -0.39 is 0 Å². The van der Waals surface area contributed by atoms with Crippen LogP contribution in [0.25, 0.3) is 10.8 Å². The van der Waals surface area contributed by atoms with Crippen molar-refractivity contribution in [3.8, 4) is 0 Å². The fourth-order valence-electron chi connectivity index (χ4n) is 3.11. The molecule has 1 heterocycles. The predicted octanol–water partition coefficient (Wildman–Crippen LogP) is 5.98. The van der Waals surface area contributed by atoms with Crippen LogP contribution in [0.5, 0.6) is 0 Å². The summed E-state index contributed by atoms with van der Waals surface area (Å²) in [7, 11) is 0. The summed E-state index contributed by atoms with van der Waals surface area (Å²) in [5.41, 5.74) is 4.09. The van der Waals surface area contributed by atoms with E-state index in [1.807, 2.05) is 12.1 Å². The van der Waals surface area contributed by atoms with Crippen LogP contribution >= 0.6 is 34.5 Å². The Labute approximate surface area is 132 Å². The van der Waals surface area contributed by atoms with Gasteiger partial charge in [0.15, 0.2) is 0 Å². The van der Waals surface area contributed by atoms with Crippen LogP contribution in [0.1, 0.15) is 26.9 Å². The Morgan fingerprint density at radius 3 is 2.50 bits per heavy atom. The average molecular weight is 319 g/mol. The van der Waals surface area contributed by atoms with Crippen LogP contribution in [0, 0.1) is 0 Å². The average Bonchev–Trinajstić information content (AvgIpc) is 3.07. The second-order valence-corrected chi connectivity index (χ2v) is 7.34. The number of hydrogen-bond donors (Lipinski definition) is 0. The summed E-state index contributed by atoms with van der Waals surface area (Å²) in [5, 5.41) is 2.58. The number of rotatable bonds is 2. The molecule has 3 aromatic rings. The van der Waals surface area contributed by atoms with E-state index in [4.69, 9.17) is 23.2 Å². The lowest BCUT2D eigenvalue weighted by atomic mass is 9.97. The summed E-state index contributed by atoms with van der Waals surface area (Å²) in [6.07, 6.45) is 2.29. The molecule has 0 N–H and O–H groups in total. The van der Waals surface area contributed by atoms with Gasteiger partial charge in [0.2, 0.25) is 0 Å². The molecule has 2 aromatic carbocycles. The van der Waals surface area contributed by atoms with Gasteiger partial charge >= 0.3 is 0 Å². The minimum atomic E-state index is -0.127. The van der Waals surface area contributed by atoms with Gasteiger partial charge in [0.25, 0.3) is 0 Å². The van der Waals surface area contributed by atoms with Crippen molar-refractivity contribution in [1.82, 2.24) is 0 Å². The minimum absolute atomic E-state index is 0.127. The third-order valence-corrected chi connectivity index (χ3v) is 5.92. The Hall–Kier alpha value is -1.02. The van der Waals surface area contributed by atoms with Gasteiger partial charge in [-0.15, -0.1) is 22.9 Å². The zero-order valence-corrected chi connectivity index (χ0v) is 13.0. The normalized spacial score (nSPS) is 14.9. The van der Waals surface area contributed by atoms with Crippen molar-refractivity contribution in [2.75, 3.05) is 0 Å². The molecule has 1 aliphatic rings. The number of hydrogen-bond acceptors (Lipinski definition) is 1. The Bertz CT molecular complexity index is 794. The third-order valence-electron chi connectivity index (χ3n) is 4.03. The highest BCUT2D eigenvalue weighted by molar-refractivity contribution is 7.16. The van der Waals surface area contributed by atoms with E-state index >= 15 is 0 Å². The van der Waals surface area contributed by atoms with Gasteiger partial charge in [-0.1, -0.05) is 41.9 Å². The lowest BCUT2D eigenvalue weighted by Gasteiger charge is -2.13. The predicted molar refractivity (Wildman–Crippen MR) is 88.4 cm³/mol. The van der Waals surface area contributed by atoms with Crippen molar-refractivity contribution in [1.29, 1.82) is 0 Å². The molecule has 0 spiro atoms. The maximum atomic E-state index is 6.70. The molecular formula is C17H12Cl2S. The molecule has 1 unspecified atom stereocenters. The van der Waals surface area contributed by atoms with Gasteiger partial charge in [-0.05, 0) is 52.4 Å². The molecule has 0 amide bonds. The van der Waals surface area contributed by atoms with Crippen molar-refractivity contribution < 1.29 is 0 Å². The minimum Gasteiger partial charge on any atom is -0.127 e. The summed E-state index contributed by atoms with van der Waals surface area (Å²) in [6, 6.07) is 14.9. The molecule has 0 saturated heterocycles. The molecular weight excluding hydrogens is 307 g/mol. The second-order valence-electron chi connectivity index (χ2n) is 5.16. The molecule has 4 rings (SSSR count). The summed E-state index contributed by atoms with van der Waals surface area (Å²) >= 11 is 14.3. The van der Waals surface area contributed by atoms with Crippen LogP contribution in [-0.4, -0.2) is 0 Å². The van der Waals surface area contributed by atoms with Crippen molar-refractivity contribution in [2.24, 2.45) is 0 Å². The van der Waals surface area contributed by atoms with Gasteiger partial charge in [0, 0.05) is 4.88 Å². The maximum Gasteiger partial charge on any atom is 0.0934 e. The molecule has 100 valence electrons. The van der Waals surface area contributed by atoms with E-state index in [1.54, 1.807) is 11.3 Å². The van der Waals surface area contributed by atoms with Gasteiger partial charge in [0.05, 0.1) is 9.71 Å². The van der Waals surface area contributed by atoms with Gasteiger partial charge in [0.1, 0.15) is 0 Å². The fraction of sp³-hybridized carbons (Fsp3) is 0.176. The largest absolute Gasteiger partial charge is 0.127 e. The second kappa shape index (κ2) is 4.77. The highest BCUT2D eigenvalue weighted by atomic mass is 35.5. The Balaban J connectivity index is 1.93. The lowest BCUT2D eigenvalue weighted by molar-refractivity contribution is 1.02. The summed E-state index contributed by atoms with van der Waals surface area (Å²) < 4.78 is 0.789. The third kappa shape index (κ3) is 1.88. The van der Waals surface area contributed by atoms with Crippen molar-refractivity contribution >= 4 is 45.3 Å². The van der Waals surface area contributed by atoms with Crippen LogP contribution in [0.2, 0.25) is 4.34 Å². The van der Waals surface area contributed by atoms with Gasteiger partial charge < -0.3 is 0 Å². The van der Waals surface area contributed by atoms with Crippen LogP contribution < -0.4 is 0 Å². The molecule has 0 saturated carbocycles. The number of aryl methyl sites for hydroxylation is 2. The van der Waals surface area contributed by atoms with Gasteiger partial charge in [-0.2, -0.15) is 0 Å². The molecule has 1 aliphatic carbocycles. The zero-order valence-electron chi connectivity index (χ0n) is 10.7. The molecule has 0 radical (unpaired) electrons. The summed E-state index contributed by atoms with van der Waals surface area (Å²) in [6.45, 7) is 0. The quantitative estimate of drug-likeness (QED) is 0.510. The highest BCUT2D eigenvalue weighted by Gasteiger charge is 2.20. The van der Waals surface area contributed by atoms with Crippen LogP contribution in [-0.2, 0) is 12.8 Å². The SMILES string of the molecule is Clc1ccc(C(Cl)c2ccc3c4c(cccc24)CC3)s1. The van der Waals surface area contributed by atoms with Crippen molar-refractivity contribution in [3.63, 3.8) is 0 Å². The van der Waals surface area contributed by atoms with Crippen LogP contribution in [0.15, 0.2) is 42.5 Å². The Morgan fingerprint density at radius 1 is 0.950 bits per heavy atom. The number of alkyl halides is 1. The number of halogens is 2. The number of benzene rings is 2. The van der Waals surface area contributed by atoms with E-state index in [-0.39, 0.29) is 5.38 Å². The molecule has 0 aliphatic heterocycles. The van der Waals surface area contributed by atoms with E-state index in [9.17, 15) is 0 Å². The van der Waals surface area contributed by atoms with Crippen LogP contribution in [0.3, 0.4) is 0 Å². The molecule has 0 fully saturated rings. The molecule has 1 aromatic heterocycles. The van der Waals surface area contributed by atoms with Crippen molar-refractivity contribution in [3.05, 3.63) is 68.4 Å². The Kier molecular flexibility index (Phi) is 3.03.